The monoisotopic (exact) mass is 346 g/mol. The number of rotatable bonds is 4. The van der Waals surface area contributed by atoms with Crippen molar-refractivity contribution in [2.75, 3.05) is 16.5 Å². The lowest BCUT2D eigenvalue weighted by atomic mass is 10.2. The van der Waals surface area contributed by atoms with Crippen LogP contribution in [-0.4, -0.2) is 35.0 Å². The van der Waals surface area contributed by atoms with Gasteiger partial charge >= 0.3 is 0 Å². The van der Waals surface area contributed by atoms with Gasteiger partial charge in [0.1, 0.15) is 11.6 Å². The fourth-order valence-corrected chi connectivity index (χ4v) is 2.82. The molecule has 0 spiro atoms. The Hall–Kier alpha value is -4.08. The number of H-pyrrole nitrogens is 2. The molecule has 0 unspecified atom stereocenters. The fourth-order valence-electron chi connectivity index (χ4n) is 2.82. The van der Waals surface area contributed by atoms with Gasteiger partial charge < -0.3 is 11.1 Å². The average molecular weight is 346 g/mol. The highest BCUT2D eigenvalue weighted by atomic mass is 15.4. The van der Waals surface area contributed by atoms with Crippen LogP contribution in [0.3, 0.4) is 0 Å². The molecule has 0 aliphatic carbocycles. The van der Waals surface area contributed by atoms with E-state index in [0.717, 1.165) is 27.8 Å². The molecule has 128 valence electrons. The quantitative estimate of drug-likeness (QED) is 0.336. The maximum Gasteiger partial charge on any atom is 0.224 e. The zero-order valence-corrected chi connectivity index (χ0v) is 13.4. The van der Waals surface area contributed by atoms with Crippen LogP contribution in [-0.2, 0) is 0 Å². The molecule has 0 amide bonds. The van der Waals surface area contributed by atoms with Crippen LogP contribution in [0.5, 0.6) is 0 Å². The molecule has 0 atom stereocenters. The maximum absolute atomic E-state index is 5.89. The van der Waals surface area contributed by atoms with Gasteiger partial charge in [0, 0.05) is 17.6 Å². The first-order chi connectivity index (χ1) is 12.8. The molecule has 0 radical (unpaired) electrons. The predicted octanol–water partition coefficient (Wildman–Crippen LogP) is 2.23. The van der Waals surface area contributed by atoms with E-state index in [1.165, 1.54) is 0 Å². The molecule has 4 aromatic heterocycles. The third-order valence-corrected chi connectivity index (χ3v) is 4.01. The number of nitrogen functional groups attached to an aromatic ring is 1. The molecule has 0 bridgehead atoms. The van der Waals surface area contributed by atoms with Crippen molar-refractivity contribution in [3.05, 3.63) is 48.9 Å². The molecule has 26 heavy (non-hydrogen) atoms. The predicted molar refractivity (Wildman–Crippen MR) is 98.9 cm³/mol. The third kappa shape index (κ3) is 2.36. The lowest BCUT2D eigenvalue weighted by molar-refractivity contribution is 0.986. The lowest BCUT2D eigenvalue weighted by Gasteiger charge is -2.10. The molecule has 0 saturated carbocycles. The van der Waals surface area contributed by atoms with E-state index in [2.05, 4.69) is 41.1 Å². The van der Waals surface area contributed by atoms with E-state index in [1.807, 2.05) is 30.5 Å². The molecule has 1 aromatic carbocycles. The summed E-state index contributed by atoms with van der Waals surface area (Å²) in [6.45, 7) is 0. The second-order valence-electron chi connectivity index (χ2n) is 5.73. The number of aromatic nitrogens is 7. The minimum absolute atomic E-state index is 0.172. The summed E-state index contributed by atoms with van der Waals surface area (Å²) in [4.78, 5) is 8.64. The molecule has 10 heteroatoms. The molecule has 4 heterocycles. The first kappa shape index (κ1) is 14.3. The molecule has 5 aromatic rings. The molecule has 5 rings (SSSR count). The first-order valence-corrected chi connectivity index (χ1v) is 7.87. The lowest BCUT2D eigenvalue weighted by Crippen LogP contribution is -2.10. The Morgan fingerprint density at radius 3 is 2.88 bits per heavy atom. The van der Waals surface area contributed by atoms with Crippen LogP contribution in [0, 0.1) is 0 Å². The van der Waals surface area contributed by atoms with Crippen LogP contribution >= 0.6 is 0 Å². The topological polar surface area (TPSA) is 138 Å². The van der Waals surface area contributed by atoms with Crippen LogP contribution in [0.25, 0.3) is 21.9 Å². The molecule has 0 saturated heterocycles. The number of aromatic amines is 2. The van der Waals surface area contributed by atoms with E-state index < -0.39 is 0 Å². The summed E-state index contributed by atoms with van der Waals surface area (Å²) in [5, 5.41) is 18.8. The average Bonchev–Trinajstić information content (AvgIpc) is 3.36. The van der Waals surface area contributed by atoms with Crippen molar-refractivity contribution in [1.82, 2.24) is 35.0 Å². The van der Waals surface area contributed by atoms with E-state index in [0.29, 0.717) is 11.5 Å². The van der Waals surface area contributed by atoms with Gasteiger partial charge in [-0.1, -0.05) is 0 Å². The number of nitrogens with two attached hydrogens (primary N) is 1. The Morgan fingerprint density at radius 1 is 1.04 bits per heavy atom. The summed E-state index contributed by atoms with van der Waals surface area (Å²) in [6.07, 6.45) is 5.31. The van der Waals surface area contributed by atoms with Crippen molar-refractivity contribution in [3.63, 3.8) is 0 Å². The van der Waals surface area contributed by atoms with E-state index in [-0.39, 0.29) is 5.95 Å². The van der Waals surface area contributed by atoms with Crippen LogP contribution in [0.4, 0.5) is 23.3 Å². The highest BCUT2D eigenvalue weighted by molar-refractivity contribution is 5.90. The normalized spacial score (nSPS) is 11.2. The van der Waals surface area contributed by atoms with Crippen LogP contribution < -0.4 is 16.5 Å². The summed E-state index contributed by atoms with van der Waals surface area (Å²) in [7, 11) is 0. The van der Waals surface area contributed by atoms with Gasteiger partial charge in [-0.3, -0.25) is 15.6 Å². The standard InChI is InChI=1S/C16H14N10/c17-16-21-14(20-13-3-5-18-24-13)11-4-6-26(15(11)22-16)25-10-2-1-9-8-19-23-12(9)7-10/h1-8,25H,(H,19,23)(H4,17,18,20,21,22,24). The Bertz CT molecular complexity index is 1200. The van der Waals surface area contributed by atoms with Gasteiger partial charge in [0.2, 0.25) is 5.95 Å². The minimum atomic E-state index is 0.172. The van der Waals surface area contributed by atoms with Gasteiger partial charge in [-0.25, -0.2) is 4.68 Å². The van der Waals surface area contributed by atoms with Crippen LogP contribution in [0.1, 0.15) is 0 Å². The van der Waals surface area contributed by atoms with Crippen molar-refractivity contribution in [2.24, 2.45) is 0 Å². The summed E-state index contributed by atoms with van der Waals surface area (Å²) < 4.78 is 1.79. The van der Waals surface area contributed by atoms with Gasteiger partial charge in [0.15, 0.2) is 5.65 Å². The minimum Gasteiger partial charge on any atom is -0.368 e. The van der Waals surface area contributed by atoms with Crippen molar-refractivity contribution >= 4 is 45.2 Å². The maximum atomic E-state index is 5.89. The third-order valence-electron chi connectivity index (χ3n) is 4.01. The zero-order valence-electron chi connectivity index (χ0n) is 13.4. The Morgan fingerprint density at radius 2 is 2.00 bits per heavy atom. The SMILES string of the molecule is Nc1nc(Nc2ccn[nH]2)c2ccn(Nc3ccc4cn[nH]c4c3)c2n1. The molecule has 6 N–H and O–H groups in total. The van der Waals surface area contributed by atoms with E-state index in [9.17, 15) is 0 Å². The first-order valence-electron chi connectivity index (χ1n) is 7.87. The fraction of sp³-hybridized carbons (Fsp3) is 0. The smallest absolute Gasteiger partial charge is 0.224 e. The number of hydrogen-bond acceptors (Lipinski definition) is 7. The van der Waals surface area contributed by atoms with Crippen LogP contribution in [0.2, 0.25) is 0 Å². The Balaban J connectivity index is 1.54. The highest BCUT2D eigenvalue weighted by Crippen LogP contribution is 2.25. The van der Waals surface area contributed by atoms with Crippen molar-refractivity contribution in [1.29, 1.82) is 0 Å². The number of anilines is 4. The highest BCUT2D eigenvalue weighted by Gasteiger charge is 2.12. The van der Waals surface area contributed by atoms with Gasteiger partial charge in [-0.15, -0.1) is 0 Å². The number of benzene rings is 1. The molecule has 0 aliphatic rings. The summed E-state index contributed by atoms with van der Waals surface area (Å²) in [6, 6.07) is 9.65. The number of fused-ring (bicyclic) bond motifs is 2. The van der Waals surface area contributed by atoms with Gasteiger partial charge in [0.05, 0.1) is 29.0 Å². The molecule has 0 fully saturated rings. The zero-order chi connectivity index (χ0) is 17.5. The Labute approximate surface area is 146 Å². The largest absolute Gasteiger partial charge is 0.368 e. The number of nitrogens with one attached hydrogen (secondary N) is 4. The van der Waals surface area contributed by atoms with Crippen molar-refractivity contribution < 1.29 is 0 Å². The summed E-state index contributed by atoms with van der Waals surface area (Å²) in [5.74, 6) is 1.49. The molecular weight excluding hydrogens is 332 g/mol. The van der Waals surface area contributed by atoms with E-state index in [4.69, 9.17) is 5.73 Å². The summed E-state index contributed by atoms with van der Waals surface area (Å²) >= 11 is 0. The molecule has 10 nitrogen and oxygen atoms in total. The molecule has 0 aliphatic heterocycles. The van der Waals surface area contributed by atoms with Gasteiger partial charge in [0.25, 0.3) is 0 Å². The molecular formula is C16H14N10. The van der Waals surface area contributed by atoms with E-state index >= 15 is 0 Å². The summed E-state index contributed by atoms with van der Waals surface area (Å²) in [5.41, 5.74) is 11.7. The Kier molecular flexibility index (Phi) is 3.01. The van der Waals surface area contributed by atoms with Crippen LogP contribution in [0.15, 0.2) is 48.9 Å². The number of nitrogens with zero attached hydrogens (tertiary/aromatic N) is 5. The van der Waals surface area contributed by atoms with E-state index in [1.54, 1.807) is 23.1 Å². The number of hydrogen-bond donors (Lipinski definition) is 5. The van der Waals surface area contributed by atoms with Gasteiger partial charge in [-0.2, -0.15) is 20.2 Å². The second-order valence-corrected chi connectivity index (χ2v) is 5.73. The van der Waals surface area contributed by atoms with Gasteiger partial charge in [-0.05, 0) is 24.3 Å². The van der Waals surface area contributed by atoms with Crippen molar-refractivity contribution in [3.8, 4) is 0 Å². The second kappa shape index (κ2) is 5.48. The van der Waals surface area contributed by atoms with Crippen molar-refractivity contribution in [2.45, 2.75) is 0 Å².